The van der Waals surface area contributed by atoms with Crippen molar-refractivity contribution in [1.82, 2.24) is 5.32 Å². The monoisotopic (exact) mass is 872 g/mol. The molecule has 1 rings (SSSR count). The maximum absolute atomic E-state index is 13.0. The summed E-state index contributed by atoms with van der Waals surface area (Å²) in [7, 11) is -5.13. The molecule has 0 aromatic rings. The maximum Gasteiger partial charge on any atom is 0.397 e. The molecule has 13 nitrogen and oxygen atoms in total. The van der Waals surface area contributed by atoms with Gasteiger partial charge in [-0.1, -0.05) is 158 Å². The van der Waals surface area contributed by atoms with Crippen LogP contribution in [0.2, 0.25) is 0 Å². The molecule has 0 aromatic carbocycles. The first kappa shape index (κ1) is 55.8. The lowest BCUT2D eigenvalue weighted by atomic mass is 9.99. The number of hydrogen-bond acceptors (Lipinski definition) is 11. The summed E-state index contributed by atoms with van der Waals surface area (Å²) < 4.78 is 47.4. The van der Waals surface area contributed by atoms with Gasteiger partial charge in [-0.15, -0.1) is 0 Å². The largest absolute Gasteiger partial charge is 0.397 e. The van der Waals surface area contributed by atoms with Crippen molar-refractivity contribution in [3.63, 3.8) is 0 Å². The molecule has 0 spiro atoms. The van der Waals surface area contributed by atoms with Crippen molar-refractivity contribution in [3.05, 3.63) is 60.8 Å². The molecule has 0 radical (unpaired) electrons. The van der Waals surface area contributed by atoms with Gasteiger partial charge in [0.25, 0.3) is 0 Å². The molecule has 60 heavy (non-hydrogen) atoms. The molecule has 1 heterocycles. The second-order valence-electron chi connectivity index (χ2n) is 15.8. The minimum absolute atomic E-state index is 0.0211. The highest BCUT2D eigenvalue weighted by Gasteiger charge is 2.48. The zero-order valence-electron chi connectivity index (χ0n) is 36.6. The van der Waals surface area contributed by atoms with E-state index in [1.807, 2.05) is 12.2 Å². The zero-order valence-corrected chi connectivity index (χ0v) is 37.4. The number of unbranched alkanes of at least 4 members (excludes halogenated alkanes) is 17. The van der Waals surface area contributed by atoms with Crippen molar-refractivity contribution in [3.8, 4) is 0 Å². The molecule has 0 aliphatic carbocycles. The van der Waals surface area contributed by atoms with Crippen LogP contribution in [0.25, 0.3) is 0 Å². The van der Waals surface area contributed by atoms with Gasteiger partial charge in [0.2, 0.25) is 5.91 Å². The number of hydrogen-bond donors (Lipinski definition) is 7. The molecule has 8 unspecified atom stereocenters. The van der Waals surface area contributed by atoms with Gasteiger partial charge in [0.05, 0.1) is 25.4 Å². The topological polar surface area (TPSA) is 212 Å². The molecule has 1 saturated heterocycles. The Morgan fingerprint density at radius 1 is 0.683 bits per heavy atom. The van der Waals surface area contributed by atoms with Gasteiger partial charge in [0.1, 0.15) is 30.5 Å². The molecule has 0 bridgehead atoms. The fourth-order valence-electron chi connectivity index (χ4n) is 6.71. The fourth-order valence-corrected chi connectivity index (χ4v) is 7.22. The number of nitrogens with one attached hydrogen (secondary N) is 1. The van der Waals surface area contributed by atoms with Crippen molar-refractivity contribution in [2.24, 2.45) is 0 Å². The molecule has 1 fully saturated rings. The molecule has 7 N–H and O–H groups in total. The van der Waals surface area contributed by atoms with Crippen LogP contribution in [0.3, 0.4) is 0 Å². The Morgan fingerprint density at radius 3 is 1.70 bits per heavy atom. The van der Waals surface area contributed by atoms with Crippen LogP contribution < -0.4 is 5.32 Å². The van der Waals surface area contributed by atoms with E-state index in [-0.39, 0.29) is 6.42 Å². The number of aliphatic hydroxyl groups is 5. The molecule has 14 heteroatoms. The van der Waals surface area contributed by atoms with Gasteiger partial charge in [-0.25, -0.2) is 4.18 Å². The Morgan fingerprint density at radius 2 is 1.17 bits per heavy atom. The Balaban J connectivity index is 2.68. The molecular formula is C46H81NO12S. The third kappa shape index (κ3) is 28.4. The van der Waals surface area contributed by atoms with E-state index in [9.17, 15) is 38.7 Å². The van der Waals surface area contributed by atoms with E-state index in [2.05, 4.69) is 53.7 Å². The van der Waals surface area contributed by atoms with Gasteiger partial charge in [-0.05, 0) is 57.8 Å². The van der Waals surface area contributed by atoms with Gasteiger partial charge >= 0.3 is 10.4 Å². The number of amides is 1. The summed E-state index contributed by atoms with van der Waals surface area (Å²) in [5.74, 6) is -0.786. The summed E-state index contributed by atoms with van der Waals surface area (Å²) in [6.45, 7) is 3.12. The van der Waals surface area contributed by atoms with E-state index in [1.165, 1.54) is 96.0 Å². The number of carbonyl (C=O) groups is 1. The van der Waals surface area contributed by atoms with Crippen LogP contribution in [0.5, 0.6) is 0 Å². The highest BCUT2D eigenvalue weighted by atomic mass is 32.3. The van der Waals surface area contributed by atoms with E-state index in [1.54, 1.807) is 12.2 Å². The number of ether oxygens (including phenoxy) is 2. The summed E-state index contributed by atoms with van der Waals surface area (Å²) in [6.07, 6.45) is 33.3. The summed E-state index contributed by atoms with van der Waals surface area (Å²) in [5.41, 5.74) is 0. The van der Waals surface area contributed by atoms with Crippen LogP contribution in [0, 0.1) is 0 Å². The summed E-state index contributed by atoms with van der Waals surface area (Å²) >= 11 is 0. The Labute approximate surface area is 362 Å². The first-order valence-electron chi connectivity index (χ1n) is 22.8. The summed E-state index contributed by atoms with van der Waals surface area (Å²) in [4.78, 5) is 13.0. The van der Waals surface area contributed by atoms with Gasteiger partial charge in [0.15, 0.2) is 6.29 Å². The number of allylic oxidation sites excluding steroid dienone is 8. The lowest BCUT2D eigenvalue weighted by Crippen LogP contribution is -2.61. The van der Waals surface area contributed by atoms with Gasteiger partial charge in [-0.3, -0.25) is 9.35 Å². The molecule has 1 aliphatic rings. The second-order valence-corrected chi connectivity index (χ2v) is 16.8. The van der Waals surface area contributed by atoms with Crippen LogP contribution in [0.4, 0.5) is 0 Å². The van der Waals surface area contributed by atoms with Crippen LogP contribution in [0.1, 0.15) is 162 Å². The summed E-state index contributed by atoms with van der Waals surface area (Å²) in [6, 6.07) is -1.17. The average molecular weight is 872 g/mol. The minimum Gasteiger partial charge on any atom is -0.394 e. The normalized spacial score (nSPS) is 21.9. The Kier molecular flexibility index (Phi) is 33.7. The van der Waals surface area contributed by atoms with Crippen LogP contribution in [-0.4, -0.2) is 107 Å². The third-order valence-electron chi connectivity index (χ3n) is 10.4. The molecule has 8 atom stereocenters. The highest BCUT2D eigenvalue weighted by molar-refractivity contribution is 7.80. The number of rotatable bonds is 37. The Hall–Kier alpha value is -2.24. The smallest absolute Gasteiger partial charge is 0.394 e. The van der Waals surface area contributed by atoms with Gasteiger partial charge in [0, 0.05) is 6.42 Å². The average Bonchev–Trinajstić information content (AvgIpc) is 3.22. The SMILES string of the molecule is CCCCCCCC/C=C\C/C=C\CC(O)C(=O)NC(COC1OC(CO)C(O)C(OS(=O)(=O)O)C1O)C(O)/C=C/CC/C=C/CC/C=C/CCCCCCCCCCC. The van der Waals surface area contributed by atoms with E-state index < -0.39 is 78.5 Å². The molecule has 1 amide bonds. The first-order chi connectivity index (χ1) is 28.9. The molecular weight excluding hydrogens is 791 g/mol. The third-order valence-corrected chi connectivity index (χ3v) is 10.8. The van der Waals surface area contributed by atoms with E-state index >= 15 is 0 Å². The van der Waals surface area contributed by atoms with Crippen LogP contribution >= 0.6 is 0 Å². The zero-order chi connectivity index (χ0) is 44.3. The van der Waals surface area contributed by atoms with Crippen molar-refractivity contribution < 1.29 is 57.0 Å². The predicted molar refractivity (Wildman–Crippen MR) is 237 cm³/mol. The van der Waals surface area contributed by atoms with Crippen molar-refractivity contribution in [2.75, 3.05) is 13.2 Å². The fraction of sp³-hybridized carbons (Fsp3) is 0.761. The molecule has 348 valence electrons. The lowest BCUT2D eigenvalue weighted by Gasteiger charge is -2.41. The first-order valence-corrected chi connectivity index (χ1v) is 24.1. The van der Waals surface area contributed by atoms with E-state index in [0.29, 0.717) is 12.8 Å². The van der Waals surface area contributed by atoms with Gasteiger partial charge in [-0.2, -0.15) is 8.42 Å². The standard InChI is InChI=1S/C46H81NO12S/c1-3-5-7-9-11-13-15-17-18-19-20-21-22-23-25-26-28-30-32-34-39(49)38(37-57-46-43(52)44(59-60(54,55)56)42(51)41(36-48)58-46)47-45(53)40(50)35-33-31-29-27-24-16-14-12-10-8-6-4-2/h20-21,24-27,31-34,38-44,46,48-52H,3-19,22-23,28-30,35-37H2,1-2H3,(H,47,53)(H,54,55,56)/b21-20+,26-25+,27-24-,33-31-,34-32+. The van der Waals surface area contributed by atoms with Crippen LogP contribution in [-0.2, 0) is 28.9 Å². The minimum atomic E-state index is -5.13. The van der Waals surface area contributed by atoms with Gasteiger partial charge < -0.3 is 40.3 Å². The second kappa shape index (κ2) is 36.3. The van der Waals surface area contributed by atoms with Crippen molar-refractivity contribution >= 4 is 16.3 Å². The maximum atomic E-state index is 13.0. The van der Waals surface area contributed by atoms with Crippen LogP contribution in [0.15, 0.2) is 60.8 Å². The molecule has 0 saturated carbocycles. The number of aliphatic hydroxyl groups excluding tert-OH is 5. The predicted octanol–water partition coefficient (Wildman–Crippen LogP) is 7.63. The molecule has 1 aliphatic heterocycles. The Bertz CT molecular complexity index is 1320. The van der Waals surface area contributed by atoms with Crippen molar-refractivity contribution in [2.45, 2.75) is 210 Å². The highest BCUT2D eigenvalue weighted by Crippen LogP contribution is 2.26. The number of carbonyl (C=O) groups excluding carboxylic acids is 1. The lowest BCUT2D eigenvalue weighted by molar-refractivity contribution is -0.298. The summed E-state index contributed by atoms with van der Waals surface area (Å²) in [5, 5.41) is 55.0. The van der Waals surface area contributed by atoms with Crippen molar-refractivity contribution in [1.29, 1.82) is 0 Å². The van der Waals surface area contributed by atoms with E-state index in [4.69, 9.17) is 14.0 Å². The van der Waals surface area contributed by atoms with E-state index in [0.717, 1.165) is 38.5 Å². The quantitative estimate of drug-likeness (QED) is 0.0183. The molecule has 0 aromatic heterocycles.